The van der Waals surface area contributed by atoms with Crippen molar-refractivity contribution in [1.82, 2.24) is 4.90 Å². The summed E-state index contributed by atoms with van der Waals surface area (Å²) in [6.07, 6.45) is 10.4. The number of amides is 1. The van der Waals surface area contributed by atoms with E-state index in [1.807, 2.05) is 66.7 Å². The van der Waals surface area contributed by atoms with Crippen LogP contribution in [0, 0.1) is 31.6 Å². The highest BCUT2D eigenvalue weighted by Crippen LogP contribution is 2.62. The van der Waals surface area contributed by atoms with Crippen LogP contribution in [0.4, 0.5) is 4.79 Å². The van der Waals surface area contributed by atoms with Gasteiger partial charge in [-0.2, -0.15) is 0 Å². The average molecular weight is 993 g/mol. The van der Waals surface area contributed by atoms with Gasteiger partial charge in [-0.1, -0.05) is 109 Å². The standard InChI is InChI=1S/C61H72N2O10/c1-4-32-70-61-56(63(40-47-22-16-21-45-19-8-9-23-50(45)47)60(66)69-35-34-67-41-44-17-6-5-7-18-44)39-54(62-73-57-25-12-15-33-68-57)52-37-46(20-10-13-30-64)51(24-11-14-31-65)58(59(52)61)53-38-49(28-29-55(53)72-61)71-48-27-26-42(2)43(3)36-48/h4-9,16-19,21-23,26-29,36-38,46,51,56-59,64-65H,1,10-15,20,24-25,30-35,39-41H2,2-3H3. The Kier molecular flexibility index (Phi) is 17.6. The molecular weight excluding hydrogens is 921 g/mol. The molecule has 73 heavy (non-hydrogen) atoms. The van der Waals surface area contributed by atoms with E-state index in [2.05, 4.69) is 69.0 Å². The SMILES string of the molecule is C=CCOC12Oc3ccc(Oc4ccc(C)c(C)c4)cc3C3C(CCCCO)C(CCCCO)C=C(C(=NOC4CCCCO4)CC1N(Cc1cccc4ccccc14)C(=O)OCCOCc1ccccc1)C32. The quantitative estimate of drug-likeness (QED) is 0.0370. The van der Waals surface area contributed by atoms with E-state index < -0.39 is 30.1 Å². The molecule has 5 aromatic carbocycles. The molecule has 2 N–H and O–H groups in total. The van der Waals surface area contributed by atoms with E-state index in [1.54, 1.807) is 11.0 Å². The number of carbonyl (C=O) groups excluding carboxylic acids is 1. The topological polar surface area (TPSA) is 138 Å². The van der Waals surface area contributed by atoms with Crippen LogP contribution in [0.25, 0.3) is 10.8 Å². The molecule has 0 bridgehead atoms. The molecular formula is C61H72N2O10. The monoisotopic (exact) mass is 993 g/mol. The van der Waals surface area contributed by atoms with E-state index in [0.29, 0.717) is 49.7 Å². The number of rotatable bonds is 23. The fourth-order valence-corrected chi connectivity index (χ4v) is 11.5. The molecule has 0 radical (unpaired) electrons. The Morgan fingerprint density at radius 1 is 0.863 bits per heavy atom. The van der Waals surface area contributed by atoms with Crippen molar-refractivity contribution < 1.29 is 48.3 Å². The number of nitrogens with zero attached hydrogens (tertiary/aromatic N) is 2. The van der Waals surface area contributed by atoms with Crippen LogP contribution in [0.1, 0.15) is 97.9 Å². The van der Waals surface area contributed by atoms with Crippen LogP contribution in [0.2, 0.25) is 0 Å². The summed E-state index contributed by atoms with van der Waals surface area (Å²) in [5.74, 6) is -0.190. The summed E-state index contributed by atoms with van der Waals surface area (Å²) in [4.78, 5) is 23.5. The minimum absolute atomic E-state index is 0.0145. The molecule has 0 aromatic heterocycles. The van der Waals surface area contributed by atoms with E-state index in [4.69, 9.17) is 38.4 Å². The summed E-state index contributed by atoms with van der Waals surface area (Å²) < 4.78 is 39.9. The number of fused-ring (bicyclic) bond motifs is 3. The molecule has 7 atom stereocenters. The zero-order valence-corrected chi connectivity index (χ0v) is 42.5. The Labute approximate surface area is 430 Å². The van der Waals surface area contributed by atoms with Crippen molar-refractivity contribution in [3.63, 3.8) is 0 Å². The highest BCUT2D eigenvalue weighted by molar-refractivity contribution is 6.03. The molecule has 2 aliphatic heterocycles. The summed E-state index contributed by atoms with van der Waals surface area (Å²) in [6.45, 7) is 9.93. The summed E-state index contributed by atoms with van der Waals surface area (Å²) in [5.41, 5.74) is 6.85. The first-order valence-corrected chi connectivity index (χ1v) is 26.4. The van der Waals surface area contributed by atoms with Crippen molar-refractivity contribution in [2.45, 2.75) is 115 Å². The summed E-state index contributed by atoms with van der Waals surface area (Å²) in [7, 11) is 0. The first-order valence-electron chi connectivity index (χ1n) is 26.4. The van der Waals surface area contributed by atoms with Gasteiger partial charge in [-0.15, -0.1) is 6.58 Å². The zero-order valence-electron chi connectivity index (χ0n) is 42.5. The van der Waals surface area contributed by atoms with Gasteiger partial charge in [0.15, 0.2) is 0 Å². The maximum absolute atomic E-state index is 15.4. The predicted molar refractivity (Wildman–Crippen MR) is 283 cm³/mol. The minimum atomic E-state index is -1.51. The van der Waals surface area contributed by atoms with Crippen LogP contribution in [0.15, 0.2) is 139 Å². The van der Waals surface area contributed by atoms with Crippen molar-refractivity contribution in [1.29, 1.82) is 0 Å². The lowest BCUT2D eigenvalue weighted by atomic mass is 9.55. The molecule has 1 saturated heterocycles. The van der Waals surface area contributed by atoms with Crippen LogP contribution < -0.4 is 9.47 Å². The van der Waals surface area contributed by atoms with Crippen LogP contribution in [-0.4, -0.2) is 84.7 Å². The maximum atomic E-state index is 15.4. The second-order valence-corrected chi connectivity index (χ2v) is 19.9. The van der Waals surface area contributed by atoms with E-state index in [0.717, 1.165) is 82.9 Å². The number of aryl methyl sites for hydroxylation is 2. The van der Waals surface area contributed by atoms with Gasteiger partial charge in [0.1, 0.15) is 29.9 Å². The smallest absolute Gasteiger partial charge is 0.410 e. The fourth-order valence-electron chi connectivity index (χ4n) is 11.5. The fraction of sp³-hybridized carbons (Fsp3) is 0.443. The highest BCUT2D eigenvalue weighted by atomic mass is 16.8. The number of oxime groups is 1. The normalized spacial score (nSPS) is 23.7. The molecule has 4 aliphatic rings. The molecule has 1 amide bonds. The van der Waals surface area contributed by atoms with Crippen molar-refractivity contribution in [3.8, 4) is 17.2 Å². The first kappa shape index (κ1) is 51.9. The van der Waals surface area contributed by atoms with Crippen LogP contribution in [0.3, 0.4) is 0 Å². The van der Waals surface area contributed by atoms with Crippen molar-refractivity contribution in [3.05, 3.63) is 161 Å². The van der Waals surface area contributed by atoms with Gasteiger partial charge < -0.3 is 43.5 Å². The Hall–Kier alpha value is -6.02. The number of allylic oxidation sites excluding steroid dienone is 1. The number of hydrogen-bond donors (Lipinski definition) is 2. The highest BCUT2D eigenvalue weighted by Gasteiger charge is 2.66. The molecule has 12 nitrogen and oxygen atoms in total. The second-order valence-electron chi connectivity index (χ2n) is 19.9. The van der Waals surface area contributed by atoms with Crippen molar-refractivity contribution in [2.24, 2.45) is 22.9 Å². The van der Waals surface area contributed by atoms with Gasteiger partial charge in [0.25, 0.3) is 0 Å². The lowest BCUT2D eigenvalue weighted by molar-refractivity contribution is -0.256. The first-order chi connectivity index (χ1) is 35.8. The van der Waals surface area contributed by atoms with E-state index >= 15 is 4.79 Å². The Morgan fingerprint density at radius 2 is 1.64 bits per heavy atom. The summed E-state index contributed by atoms with van der Waals surface area (Å²) in [5, 5.41) is 27.4. The van der Waals surface area contributed by atoms with Gasteiger partial charge in [-0.05, 0) is 133 Å². The van der Waals surface area contributed by atoms with Crippen molar-refractivity contribution >= 4 is 22.6 Å². The number of hydrogen-bond acceptors (Lipinski definition) is 11. The second kappa shape index (κ2) is 24.8. The van der Waals surface area contributed by atoms with Crippen LogP contribution in [0.5, 0.6) is 17.2 Å². The van der Waals surface area contributed by atoms with Gasteiger partial charge in [0.05, 0.1) is 44.6 Å². The lowest BCUT2D eigenvalue weighted by Gasteiger charge is -2.60. The third-order valence-corrected chi connectivity index (χ3v) is 15.2. The molecule has 2 fully saturated rings. The van der Waals surface area contributed by atoms with Gasteiger partial charge in [0.2, 0.25) is 12.1 Å². The third kappa shape index (κ3) is 12.0. The Morgan fingerprint density at radius 3 is 2.44 bits per heavy atom. The Bertz CT molecular complexity index is 2690. The number of unbranched alkanes of at least 4 members (excludes halogenated alkanes) is 2. The number of carbonyl (C=O) groups is 1. The molecule has 7 unspecified atom stereocenters. The van der Waals surface area contributed by atoms with Gasteiger partial charge in [-0.3, -0.25) is 4.90 Å². The molecule has 1 saturated carbocycles. The molecule has 0 spiro atoms. The summed E-state index contributed by atoms with van der Waals surface area (Å²) >= 11 is 0. The maximum Gasteiger partial charge on any atom is 0.410 e. The number of benzene rings is 5. The average Bonchev–Trinajstić information content (AvgIpc) is 3.41. The minimum Gasteiger partial charge on any atom is -0.459 e. The lowest BCUT2D eigenvalue weighted by Crippen LogP contribution is -2.70. The van der Waals surface area contributed by atoms with E-state index in [1.165, 1.54) is 5.56 Å². The van der Waals surface area contributed by atoms with E-state index in [-0.39, 0.29) is 63.8 Å². The third-order valence-electron chi connectivity index (χ3n) is 15.2. The molecule has 386 valence electrons. The molecule has 2 heterocycles. The van der Waals surface area contributed by atoms with Crippen LogP contribution >= 0.6 is 0 Å². The number of ether oxygens (including phenoxy) is 6. The molecule has 5 aromatic rings. The number of aliphatic hydroxyl groups excluding tert-OH is 2. The van der Waals surface area contributed by atoms with Gasteiger partial charge in [-0.25, -0.2) is 4.79 Å². The Balaban J connectivity index is 1.21. The van der Waals surface area contributed by atoms with E-state index in [9.17, 15) is 10.2 Å². The van der Waals surface area contributed by atoms with Gasteiger partial charge in [0, 0.05) is 37.5 Å². The van der Waals surface area contributed by atoms with Crippen molar-refractivity contribution in [2.75, 3.05) is 39.6 Å². The number of aliphatic hydroxyl groups is 2. The molecule has 2 aliphatic carbocycles. The van der Waals surface area contributed by atoms with Gasteiger partial charge >= 0.3 is 6.09 Å². The van der Waals surface area contributed by atoms with Crippen LogP contribution in [-0.2, 0) is 36.9 Å². The largest absolute Gasteiger partial charge is 0.459 e. The predicted octanol–water partition coefficient (Wildman–Crippen LogP) is 12.3. The molecule has 9 rings (SSSR count). The summed E-state index contributed by atoms with van der Waals surface area (Å²) in [6, 6.07) is 35.6. The zero-order chi connectivity index (χ0) is 50.6. The molecule has 12 heteroatoms.